The number of rotatable bonds is 6. The largest absolute Gasteiger partial charge is 0.494 e. The molecule has 102 valence electrons. The number of nitro groups is 1. The summed E-state index contributed by atoms with van der Waals surface area (Å²) in [6.07, 6.45) is 5.18. The van der Waals surface area contributed by atoms with E-state index in [4.69, 9.17) is 4.74 Å². The molecule has 1 aromatic carbocycles. The van der Waals surface area contributed by atoms with Gasteiger partial charge in [0.25, 0.3) is 5.69 Å². The zero-order valence-electron chi connectivity index (χ0n) is 11.0. The molecule has 3 rings (SSSR count). The normalized spacial score (nSPS) is 18.4. The molecule has 2 aliphatic rings. The van der Waals surface area contributed by atoms with E-state index in [0.717, 1.165) is 17.5 Å². The molecule has 0 unspecified atom stereocenters. The maximum Gasteiger partial charge on any atom is 0.273 e. The average molecular weight is 262 g/mol. The van der Waals surface area contributed by atoms with Crippen molar-refractivity contribution in [3.63, 3.8) is 0 Å². The first-order valence-corrected chi connectivity index (χ1v) is 6.78. The fraction of sp³-hybridized carbons (Fsp3) is 0.571. The van der Waals surface area contributed by atoms with E-state index in [1.807, 2.05) is 0 Å². The molecule has 1 aromatic rings. The SMILES string of the molecule is COc1cc([N+](=O)[O-])ccc1NC(C1CC1)C1CC1. The van der Waals surface area contributed by atoms with Crippen LogP contribution in [0, 0.1) is 22.0 Å². The maximum absolute atomic E-state index is 10.8. The van der Waals surface area contributed by atoms with Gasteiger partial charge < -0.3 is 10.1 Å². The van der Waals surface area contributed by atoms with Crippen molar-refractivity contribution in [1.82, 2.24) is 0 Å². The van der Waals surface area contributed by atoms with Gasteiger partial charge in [0.2, 0.25) is 0 Å². The van der Waals surface area contributed by atoms with E-state index in [0.29, 0.717) is 11.8 Å². The molecule has 0 atom stereocenters. The van der Waals surface area contributed by atoms with E-state index in [-0.39, 0.29) is 5.69 Å². The predicted octanol–water partition coefficient (Wildman–Crippen LogP) is 3.20. The third-order valence-electron chi connectivity index (χ3n) is 3.98. The van der Waals surface area contributed by atoms with Crippen molar-refractivity contribution < 1.29 is 9.66 Å². The predicted molar refractivity (Wildman–Crippen MR) is 72.5 cm³/mol. The van der Waals surface area contributed by atoms with Gasteiger partial charge in [0.15, 0.2) is 0 Å². The molecule has 0 aromatic heterocycles. The summed E-state index contributed by atoms with van der Waals surface area (Å²) in [5.41, 5.74) is 0.939. The number of benzene rings is 1. The van der Waals surface area contributed by atoms with Crippen molar-refractivity contribution >= 4 is 11.4 Å². The van der Waals surface area contributed by atoms with Crippen LogP contribution in [0.4, 0.5) is 11.4 Å². The molecule has 0 radical (unpaired) electrons. The summed E-state index contributed by atoms with van der Waals surface area (Å²) in [6.45, 7) is 0. The van der Waals surface area contributed by atoms with Crippen molar-refractivity contribution in [3.8, 4) is 5.75 Å². The van der Waals surface area contributed by atoms with Crippen LogP contribution in [0.15, 0.2) is 18.2 Å². The van der Waals surface area contributed by atoms with Crippen molar-refractivity contribution in [2.45, 2.75) is 31.7 Å². The number of ether oxygens (including phenoxy) is 1. The summed E-state index contributed by atoms with van der Waals surface area (Å²) in [5, 5.41) is 14.3. The molecule has 5 heteroatoms. The smallest absolute Gasteiger partial charge is 0.273 e. The minimum absolute atomic E-state index is 0.0665. The Morgan fingerprint density at radius 2 is 1.95 bits per heavy atom. The molecule has 5 nitrogen and oxygen atoms in total. The number of nitrogens with zero attached hydrogens (tertiary/aromatic N) is 1. The molecule has 0 aliphatic heterocycles. The third-order valence-corrected chi connectivity index (χ3v) is 3.98. The maximum atomic E-state index is 10.8. The highest BCUT2D eigenvalue weighted by Crippen LogP contribution is 2.46. The number of hydrogen-bond acceptors (Lipinski definition) is 4. The molecule has 2 saturated carbocycles. The number of hydrogen-bond donors (Lipinski definition) is 1. The van der Waals surface area contributed by atoms with Gasteiger partial charge in [-0.25, -0.2) is 0 Å². The third kappa shape index (κ3) is 2.64. The van der Waals surface area contributed by atoms with Gasteiger partial charge >= 0.3 is 0 Å². The van der Waals surface area contributed by atoms with E-state index in [1.54, 1.807) is 13.2 Å². The minimum Gasteiger partial charge on any atom is -0.494 e. The summed E-state index contributed by atoms with van der Waals surface area (Å²) in [7, 11) is 1.55. The first-order chi connectivity index (χ1) is 9.19. The Kier molecular flexibility index (Phi) is 3.05. The Hall–Kier alpha value is -1.78. The highest BCUT2D eigenvalue weighted by atomic mass is 16.6. The van der Waals surface area contributed by atoms with Crippen LogP contribution in [-0.4, -0.2) is 18.1 Å². The molecule has 0 amide bonds. The van der Waals surface area contributed by atoms with Crippen molar-refractivity contribution in [1.29, 1.82) is 0 Å². The molecule has 0 saturated heterocycles. The van der Waals surface area contributed by atoms with E-state index >= 15 is 0 Å². The number of anilines is 1. The Labute approximate surface area is 112 Å². The van der Waals surface area contributed by atoms with Crippen LogP contribution in [0.2, 0.25) is 0 Å². The fourth-order valence-electron chi connectivity index (χ4n) is 2.62. The highest BCUT2D eigenvalue weighted by Gasteiger charge is 2.41. The van der Waals surface area contributed by atoms with E-state index in [1.165, 1.54) is 37.8 Å². The molecule has 0 spiro atoms. The monoisotopic (exact) mass is 262 g/mol. The molecule has 19 heavy (non-hydrogen) atoms. The number of nitrogens with one attached hydrogen (secondary N) is 1. The quantitative estimate of drug-likeness (QED) is 0.631. The Morgan fingerprint density at radius 1 is 1.32 bits per heavy atom. The second-order valence-corrected chi connectivity index (χ2v) is 5.49. The first-order valence-electron chi connectivity index (χ1n) is 6.78. The van der Waals surface area contributed by atoms with Crippen molar-refractivity contribution in [2.24, 2.45) is 11.8 Å². The summed E-state index contributed by atoms with van der Waals surface area (Å²) < 4.78 is 5.27. The van der Waals surface area contributed by atoms with Crippen LogP contribution in [-0.2, 0) is 0 Å². The zero-order chi connectivity index (χ0) is 13.4. The van der Waals surface area contributed by atoms with Crippen molar-refractivity contribution in [3.05, 3.63) is 28.3 Å². The zero-order valence-corrected chi connectivity index (χ0v) is 11.0. The number of nitro benzene ring substituents is 1. The number of non-ortho nitro benzene ring substituents is 1. The van der Waals surface area contributed by atoms with Gasteiger partial charge in [-0.05, 0) is 43.6 Å². The summed E-state index contributed by atoms with van der Waals surface area (Å²) in [6, 6.07) is 5.28. The van der Waals surface area contributed by atoms with Crippen LogP contribution in [0.25, 0.3) is 0 Å². The second-order valence-electron chi connectivity index (χ2n) is 5.49. The lowest BCUT2D eigenvalue weighted by molar-refractivity contribution is -0.384. The summed E-state index contributed by atoms with van der Waals surface area (Å²) >= 11 is 0. The molecule has 2 aliphatic carbocycles. The molecule has 0 heterocycles. The molecule has 0 bridgehead atoms. The first kappa shape index (κ1) is 12.3. The van der Waals surface area contributed by atoms with Gasteiger partial charge in [-0.15, -0.1) is 0 Å². The van der Waals surface area contributed by atoms with Crippen LogP contribution >= 0.6 is 0 Å². The highest BCUT2D eigenvalue weighted by molar-refractivity contribution is 5.61. The van der Waals surface area contributed by atoms with Gasteiger partial charge in [0, 0.05) is 12.1 Å². The Morgan fingerprint density at radius 3 is 2.42 bits per heavy atom. The topological polar surface area (TPSA) is 64.4 Å². The molecule has 1 N–H and O–H groups in total. The lowest BCUT2D eigenvalue weighted by Gasteiger charge is -2.20. The summed E-state index contributed by atoms with van der Waals surface area (Å²) in [4.78, 5) is 10.4. The Bertz CT molecular complexity index is 483. The lowest BCUT2D eigenvalue weighted by Crippen LogP contribution is -2.24. The molecular weight excluding hydrogens is 244 g/mol. The van der Waals surface area contributed by atoms with Gasteiger partial charge in [-0.1, -0.05) is 0 Å². The molecule has 2 fully saturated rings. The Balaban J connectivity index is 1.80. The minimum atomic E-state index is -0.397. The second kappa shape index (κ2) is 4.72. The van der Waals surface area contributed by atoms with Gasteiger partial charge in [-0.2, -0.15) is 0 Å². The van der Waals surface area contributed by atoms with E-state index < -0.39 is 4.92 Å². The van der Waals surface area contributed by atoms with E-state index in [9.17, 15) is 10.1 Å². The van der Waals surface area contributed by atoms with Crippen LogP contribution in [0.3, 0.4) is 0 Å². The van der Waals surface area contributed by atoms with Gasteiger partial charge in [0.05, 0.1) is 23.8 Å². The standard InChI is InChI=1S/C14H18N2O3/c1-19-13-8-11(16(17)18)6-7-12(13)15-14(9-2-3-9)10-4-5-10/h6-10,14-15H,2-5H2,1H3. The van der Waals surface area contributed by atoms with E-state index in [2.05, 4.69) is 5.32 Å². The fourth-order valence-corrected chi connectivity index (χ4v) is 2.62. The molecular formula is C14H18N2O3. The van der Waals surface area contributed by atoms with Gasteiger partial charge in [-0.3, -0.25) is 10.1 Å². The van der Waals surface area contributed by atoms with Crippen LogP contribution in [0.1, 0.15) is 25.7 Å². The lowest BCUT2D eigenvalue weighted by atomic mass is 10.1. The van der Waals surface area contributed by atoms with Crippen LogP contribution in [0.5, 0.6) is 5.75 Å². The average Bonchev–Trinajstić information content (AvgIpc) is 3.29. The summed E-state index contributed by atoms with van der Waals surface area (Å²) in [5.74, 6) is 2.10. The van der Waals surface area contributed by atoms with Crippen LogP contribution < -0.4 is 10.1 Å². The van der Waals surface area contributed by atoms with Gasteiger partial charge in [0.1, 0.15) is 5.75 Å². The number of methoxy groups -OCH3 is 1. The van der Waals surface area contributed by atoms with Crippen molar-refractivity contribution in [2.75, 3.05) is 12.4 Å².